The van der Waals surface area contributed by atoms with Crippen molar-refractivity contribution in [2.75, 3.05) is 6.54 Å². The molecule has 1 saturated carbocycles. The molecule has 2 N–H and O–H groups in total. The van der Waals surface area contributed by atoms with Crippen molar-refractivity contribution in [2.45, 2.75) is 59.8 Å². The number of aryl methyl sites for hydroxylation is 2. The summed E-state index contributed by atoms with van der Waals surface area (Å²) in [5, 5.41) is 0. The predicted molar refractivity (Wildman–Crippen MR) is 83.4 cm³/mol. The van der Waals surface area contributed by atoms with E-state index >= 15 is 0 Å². The topological polar surface area (TPSA) is 26.0 Å². The van der Waals surface area contributed by atoms with Crippen LogP contribution in [0, 0.1) is 24.7 Å². The van der Waals surface area contributed by atoms with Crippen LogP contribution in [-0.4, -0.2) is 6.54 Å². The molecule has 106 valence electrons. The number of rotatable bonds is 3. The van der Waals surface area contributed by atoms with Crippen molar-refractivity contribution in [3.63, 3.8) is 0 Å². The fraction of sp³-hybridized carbons (Fsp3) is 0.667. The van der Waals surface area contributed by atoms with Gasteiger partial charge in [-0.25, -0.2) is 0 Å². The SMILES string of the molecule is Cc1cccc(C)c1CC1(CN)CCC(C)(C)CC1. The molecule has 0 spiro atoms. The molecule has 0 aromatic heterocycles. The molecule has 1 fully saturated rings. The molecule has 1 nitrogen and oxygen atoms in total. The summed E-state index contributed by atoms with van der Waals surface area (Å²) in [6.07, 6.45) is 6.36. The van der Waals surface area contributed by atoms with Gasteiger partial charge >= 0.3 is 0 Å². The van der Waals surface area contributed by atoms with E-state index in [1.807, 2.05) is 0 Å². The summed E-state index contributed by atoms with van der Waals surface area (Å²) in [6, 6.07) is 6.63. The summed E-state index contributed by atoms with van der Waals surface area (Å²) < 4.78 is 0. The molecule has 0 amide bonds. The standard InChI is InChI=1S/C18H29N/c1-14-6-5-7-15(2)16(14)12-18(13-19)10-8-17(3,4)9-11-18/h5-7H,8-13,19H2,1-4H3. The lowest BCUT2D eigenvalue weighted by molar-refractivity contribution is 0.107. The molecule has 1 aromatic rings. The molecule has 0 heterocycles. The Morgan fingerprint density at radius 3 is 2.00 bits per heavy atom. The third kappa shape index (κ3) is 3.20. The van der Waals surface area contributed by atoms with Crippen molar-refractivity contribution < 1.29 is 0 Å². The van der Waals surface area contributed by atoms with Crippen LogP contribution in [0.2, 0.25) is 0 Å². The Balaban J connectivity index is 2.20. The van der Waals surface area contributed by atoms with Crippen molar-refractivity contribution in [2.24, 2.45) is 16.6 Å². The molecular weight excluding hydrogens is 230 g/mol. The Bertz CT molecular complexity index is 415. The van der Waals surface area contributed by atoms with Gasteiger partial charge in [0.25, 0.3) is 0 Å². The molecule has 0 saturated heterocycles. The van der Waals surface area contributed by atoms with E-state index < -0.39 is 0 Å². The molecule has 1 heteroatoms. The van der Waals surface area contributed by atoms with E-state index in [1.165, 1.54) is 42.4 Å². The minimum Gasteiger partial charge on any atom is -0.330 e. The monoisotopic (exact) mass is 259 g/mol. The highest BCUT2D eigenvalue weighted by Gasteiger charge is 2.37. The number of benzene rings is 1. The first-order valence-electron chi connectivity index (χ1n) is 7.63. The normalized spacial score (nSPS) is 21.3. The molecule has 1 aromatic carbocycles. The Kier molecular flexibility index (Phi) is 4.06. The quantitative estimate of drug-likeness (QED) is 0.856. The molecule has 0 radical (unpaired) electrons. The minimum absolute atomic E-state index is 0.340. The average molecular weight is 259 g/mol. The fourth-order valence-electron chi connectivity index (χ4n) is 3.41. The van der Waals surface area contributed by atoms with Gasteiger partial charge in [0.15, 0.2) is 0 Å². The van der Waals surface area contributed by atoms with Crippen molar-refractivity contribution in [1.82, 2.24) is 0 Å². The first kappa shape index (κ1) is 14.6. The zero-order chi connectivity index (χ0) is 14.1. The summed E-state index contributed by atoms with van der Waals surface area (Å²) in [7, 11) is 0. The van der Waals surface area contributed by atoms with E-state index in [0.717, 1.165) is 13.0 Å². The van der Waals surface area contributed by atoms with Gasteiger partial charge in [0.1, 0.15) is 0 Å². The Labute approximate surface area is 118 Å². The predicted octanol–water partition coefficient (Wildman–Crippen LogP) is 4.39. The van der Waals surface area contributed by atoms with E-state index in [9.17, 15) is 0 Å². The van der Waals surface area contributed by atoms with Gasteiger partial charge in [0.2, 0.25) is 0 Å². The largest absolute Gasteiger partial charge is 0.330 e. The minimum atomic E-state index is 0.340. The molecule has 2 rings (SSSR count). The molecular formula is C18H29N. The maximum absolute atomic E-state index is 6.17. The number of nitrogens with two attached hydrogens (primary N) is 1. The zero-order valence-corrected chi connectivity index (χ0v) is 13.1. The average Bonchev–Trinajstić information content (AvgIpc) is 2.37. The molecule has 0 bridgehead atoms. The fourth-order valence-corrected chi connectivity index (χ4v) is 3.41. The van der Waals surface area contributed by atoms with Gasteiger partial charge in [-0.2, -0.15) is 0 Å². The molecule has 0 unspecified atom stereocenters. The summed E-state index contributed by atoms with van der Waals surface area (Å²) in [6.45, 7) is 10.1. The Hall–Kier alpha value is -0.820. The highest BCUT2D eigenvalue weighted by atomic mass is 14.6. The molecule has 0 atom stereocenters. The van der Waals surface area contributed by atoms with Crippen LogP contribution in [0.4, 0.5) is 0 Å². The second-order valence-electron chi connectivity index (χ2n) is 7.42. The van der Waals surface area contributed by atoms with Crippen LogP contribution in [0.15, 0.2) is 18.2 Å². The third-order valence-corrected chi connectivity index (χ3v) is 5.29. The van der Waals surface area contributed by atoms with E-state index in [-0.39, 0.29) is 0 Å². The van der Waals surface area contributed by atoms with Gasteiger partial charge in [-0.1, -0.05) is 32.0 Å². The molecule has 0 aliphatic heterocycles. The van der Waals surface area contributed by atoms with E-state index in [0.29, 0.717) is 10.8 Å². The Morgan fingerprint density at radius 1 is 1.00 bits per heavy atom. The highest BCUT2D eigenvalue weighted by Crippen LogP contribution is 2.46. The van der Waals surface area contributed by atoms with Gasteiger partial charge in [-0.15, -0.1) is 0 Å². The lowest BCUT2D eigenvalue weighted by Gasteiger charge is -2.43. The van der Waals surface area contributed by atoms with Crippen molar-refractivity contribution in [1.29, 1.82) is 0 Å². The van der Waals surface area contributed by atoms with E-state index in [4.69, 9.17) is 5.73 Å². The first-order valence-corrected chi connectivity index (χ1v) is 7.63. The van der Waals surface area contributed by atoms with Crippen LogP contribution in [0.25, 0.3) is 0 Å². The summed E-state index contributed by atoms with van der Waals surface area (Å²) in [5.74, 6) is 0. The Morgan fingerprint density at radius 2 is 1.53 bits per heavy atom. The maximum atomic E-state index is 6.17. The highest BCUT2D eigenvalue weighted by molar-refractivity contribution is 5.34. The third-order valence-electron chi connectivity index (χ3n) is 5.29. The van der Waals surface area contributed by atoms with Gasteiger partial charge in [0.05, 0.1) is 0 Å². The van der Waals surface area contributed by atoms with Crippen LogP contribution in [0.1, 0.15) is 56.2 Å². The van der Waals surface area contributed by atoms with Crippen molar-refractivity contribution in [3.05, 3.63) is 34.9 Å². The second kappa shape index (κ2) is 5.28. The zero-order valence-electron chi connectivity index (χ0n) is 13.1. The van der Waals surface area contributed by atoms with Crippen LogP contribution < -0.4 is 5.73 Å². The summed E-state index contributed by atoms with van der Waals surface area (Å²) in [5.41, 5.74) is 11.4. The molecule has 1 aliphatic rings. The lowest BCUT2D eigenvalue weighted by Crippen LogP contribution is -2.39. The first-order chi connectivity index (χ1) is 8.87. The van der Waals surface area contributed by atoms with Crippen LogP contribution in [-0.2, 0) is 6.42 Å². The molecule has 1 aliphatic carbocycles. The van der Waals surface area contributed by atoms with E-state index in [1.54, 1.807) is 0 Å². The smallest absolute Gasteiger partial charge is 0.00173 e. The van der Waals surface area contributed by atoms with Gasteiger partial charge in [0, 0.05) is 0 Å². The van der Waals surface area contributed by atoms with Crippen LogP contribution in [0.5, 0.6) is 0 Å². The molecule has 19 heavy (non-hydrogen) atoms. The van der Waals surface area contributed by atoms with Crippen LogP contribution in [0.3, 0.4) is 0 Å². The van der Waals surface area contributed by atoms with Crippen molar-refractivity contribution >= 4 is 0 Å². The number of hydrogen-bond donors (Lipinski definition) is 1. The maximum Gasteiger partial charge on any atom is -0.00173 e. The summed E-state index contributed by atoms with van der Waals surface area (Å²) >= 11 is 0. The van der Waals surface area contributed by atoms with Gasteiger partial charge < -0.3 is 5.73 Å². The van der Waals surface area contributed by atoms with E-state index in [2.05, 4.69) is 45.9 Å². The second-order valence-corrected chi connectivity index (χ2v) is 7.42. The lowest BCUT2D eigenvalue weighted by atomic mass is 9.62. The van der Waals surface area contributed by atoms with Crippen LogP contribution >= 0.6 is 0 Å². The van der Waals surface area contributed by atoms with Gasteiger partial charge in [-0.3, -0.25) is 0 Å². The van der Waals surface area contributed by atoms with Crippen molar-refractivity contribution in [3.8, 4) is 0 Å². The van der Waals surface area contributed by atoms with Gasteiger partial charge in [-0.05, 0) is 80.0 Å². The number of hydrogen-bond acceptors (Lipinski definition) is 1. The summed E-state index contributed by atoms with van der Waals surface area (Å²) in [4.78, 5) is 0.